The summed E-state index contributed by atoms with van der Waals surface area (Å²) in [5.41, 5.74) is 0.280. The van der Waals surface area contributed by atoms with Crippen LogP contribution in [0, 0.1) is 5.92 Å². The summed E-state index contributed by atoms with van der Waals surface area (Å²) in [4.78, 5) is 30.0. The van der Waals surface area contributed by atoms with Crippen LogP contribution in [0.3, 0.4) is 0 Å². The lowest BCUT2D eigenvalue weighted by atomic mass is 9.86. The maximum absolute atomic E-state index is 10.9. The van der Waals surface area contributed by atoms with E-state index >= 15 is 0 Å². The summed E-state index contributed by atoms with van der Waals surface area (Å²) in [5, 5.41) is 24.5. The molecule has 1 aromatic carbocycles. The molecule has 1 saturated carbocycles. The molecule has 0 unspecified atom stereocenters. The lowest BCUT2D eigenvalue weighted by molar-refractivity contribution is -0.192. The molecule has 1 fully saturated rings. The molecule has 0 radical (unpaired) electrons. The van der Waals surface area contributed by atoms with Crippen LogP contribution in [0.15, 0.2) is 24.3 Å². The number of carboxylic acid groups (broad SMARTS) is 3. The van der Waals surface area contributed by atoms with Crippen LogP contribution in [0.2, 0.25) is 0 Å². The summed E-state index contributed by atoms with van der Waals surface area (Å²) in [6.45, 7) is 2.93. The highest BCUT2D eigenvalue weighted by Crippen LogP contribution is 2.27. The molecule has 0 atom stereocenters. The quantitative estimate of drug-likeness (QED) is 0.132. The number of halogens is 3. The zero-order chi connectivity index (χ0) is 32.3. The number of aromatic carboxylic acids is 1. The topological polar surface area (TPSA) is 121 Å². The molecule has 0 saturated heterocycles. The van der Waals surface area contributed by atoms with Crippen LogP contribution >= 0.6 is 0 Å². The molecule has 0 aliphatic heterocycles. The number of hydrogen-bond donors (Lipinski definition) is 3. The molecule has 248 valence electrons. The highest BCUT2D eigenvalue weighted by molar-refractivity contribution is 5.88. The minimum absolute atomic E-state index is 0.280. The zero-order valence-electron chi connectivity index (χ0n) is 25.8. The van der Waals surface area contributed by atoms with Crippen molar-refractivity contribution >= 4 is 17.9 Å². The summed E-state index contributed by atoms with van der Waals surface area (Å²) in [7, 11) is 0. The van der Waals surface area contributed by atoms with Crippen molar-refractivity contribution in [3.63, 3.8) is 0 Å². The highest BCUT2D eigenvalue weighted by Gasteiger charge is 2.38. The van der Waals surface area contributed by atoms with Crippen LogP contribution < -0.4 is 4.74 Å². The van der Waals surface area contributed by atoms with Gasteiger partial charge in [-0.15, -0.1) is 0 Å². The summed E-state index contributed by atoms with van der Waals surface area (Å²) in [5.74, 6) is -2.83. The fourth-order valence-electron chi connectivity index (χ4n) is 4.87. The summed E-state index contributed by atoms with van der Waals surface area (Å²) in [6, 6.07) is 6.70. The Morgan fingerprint density at radius 3 is 1.77 bits per heavy atom. The maximum atomic E-state index is 10.9. The average Bonchev–Trinajstić information content (AvgIpc) is 2.96. The van der Waals surface area contributed by atoms with Gasteiger partial charge in [-0.2, -0.15) is 13.2 Å². The van der Waals surface area contributed by atoms with E-state index in [0.717, 1.165) is 25.2 Å². The molecule has 0 bridgehead atoms. The van der Waals surface area contributed by atoms with E-state index in [-0.39, 0.29) is 5.56 Å². The molecule has 1 aliphatic rings. The van der Waals surface area contributed by atoms with Gasteiger partial charge in [0.05, 0.1) is 12.2 Å². The van der Waals surface area contributed by atoms with Crippen LogP contribution in [0.4, 0.5) is 13.2 Å². The van der Waals surface area contributed by atoms with Crippen molar-refractivity contribution in [3.8, 4) is 5.75 Å². The third kappa shape index (κ3) is 25.4. The molecule has 1 aromatic rings. The molecule has 43 heavy (non-hydrogen) atoms. The van der Waals surface area contributed by atoms with E-state index in [1.165, 1.54) is 103 Å². The molecule has 0 amide bonds. The van der Waals surface area contributed by atoms with Gasteiger partial charge in [-0.1, -0.05) is 116 Å². The normalized spacial score (nSPS) is 13.2. The Morgan fingerprint density at radius 2 is 1.30 bits per heavy atom. The molecule has 10 heteroatoms. The largest absolute Gasteiger partial charge is 0.494 e. The van der Waals surface area contributed by atoms with Gasteiger partial charge in [0.2, 0.25) is 0 Å². The van der Waals surface area contributed by atoms with Gasteiger partial charge in [-0.3, -0.25) is 4.79 Å². The smallest absolute Gasteiger partial charge is 0.490 e. The van der Waals surface area contributed by atoms with E-state index < -0.39 is 24.1 Å². The molecular weight excluding hydrogens is 565 g/mol. The van der Waals surface area contributed by atoms with Gasteiger partial charge in [-0.25, -0.2) is 9.59 Å². The molecule has 3 N–H and O–H groups in total. The Labute approximate surface area is 255 Å². The number of ether oxygens (including phenoxy) is 1. The van der Waals surface area contributed by atoms with Crippen molar-refractivity contribution in [3.05, 3.63) is 29.8 Å². The summed E-state index contributed by atoms with van der Waals surface area (Å²) in [6.07, 6.45) is 19.9. The van der Waals surface area contributed by atoms with Crippen LogP contribution in [-0.2, 0) is 9.59 Å². The predicted octanol–water partition coefficient (Wildman–Crippen LogP) is 9.92. The number of unbranched alkanes of at least 4 members (excludes halogenated alkanes) is 11. The molecule has 0 heterocycles. The Hall–Kier alpha value is -2.78. The third-order valence-electron chi connectivity index (χ3n) is 7.32. The minimum atomic E-state index is -5.08. The van der Waals surface area contributed by atoms with Crippen LogP contribution in [0.1, 0.15) is 146 Å². The average molecular weight is 619 g/mol. The van der Waals surface area contributed by atoms with Gasteiger partial charge >= 0.3 is 24.1 Å². The Bertz CT molecular complexity index is 868. The van der Waals surface area contributed by atoms with Crippen molar-refractivity contribution in [2.75, 3.05) is 6.61 Å². The number of carbonyl (C=O) groups is 3. The molecule has 0 spiro atoms. The van der Waals surface area contributed by atoms with Gasteiger partial charge in [-0.05, 0) is 43.4 Å². The van der Waals surface area contributed by atoms with Crippen LogP contribution in [0.5, 0.6) is 5.75 Å². The fourth-order valence-corrected chi connectivity index (χ4v) is 4.87. The maximum Gasteiger partial charge on any atom is 0.490 e. The third-order valence-corrected chi connectivity index (χ3v) is 7.32. The number of benzene rings is 1. The van der Waals surface area contributed by atoms with E-state index in [9.17, 15) is 22.8 Å². The van der Waals surface area contributed by atoms with Crippen molar-refractivity contribution in [2.24, 2.45) is 5.92 Å². The number of rotatable bonds is 19. The lowest BCUT2D eigenvalue weighted by Gasteiger charge is -2.20. The van der Waals surface area contributed by atoms with Gasteiger partial charge in [0.1, 0.15) is 5.75 Å². The lowest BCUT2D eigenvalue weighted by Crippen LogP contribution is -2.21. The van der Waals surface area contributed by atoms with Gasteiger partial charge < -0.3 is 20.1 Å². The Kier molecular flexibility index (Phi) is 24.0. The second-order valence-electron chi connectivity index (χ2n) is 11.2. The second-order valence-corrected chi connectivity index (χ2v) is 11.2. The van der Waals surface area contributed by atoms with Crippen molar-refractivity contribution < 1.29 is 47.6 Å². The number of aliphatic carboxylic acids is 2. The van der Waals surface area contributed by atoms with E-state index in [0.29, 0.717) is 18.8 Å². The SMILES string of the molecule is CCCCCCCCCCCCCCOc1cccc(C(=O)O)c1.O=C(O)C(F)(F)F.O=C(O)CCCC1CCCCC1. The van der Waals surface area contributed by atoms with E-state index in [4.69, 9.17) is 24.9 Å². The first-order chi connectivity index (χ1) is 20.5. The van der Waals surface area contributed by atoms with Crippen molar-refractivity contribution in [1.82, 2.24) is 0 Å². The van der Waals surface area contributed by atoms with E-state index in [2.05, 4.69) is 6.92 Å². The minimum Gasteiger partial charge on any atom is -0.494 e. The highest BCUT2D eigenvalue weighted by atomic mass is 19.4. The standard InChI is InChI=1S/C21H34O3.C10H18O2.C2HF3O2/c1-2-3-4-5-6-7-8-9-10-11-12-13-17-24-20-16-14-15-19(18-20)21(22)23;11-10(12)8-4-7-9-5-2-1-3-6-9;3-2(4,5)1(6)7/h14-16,18H,2-13,17H2,1H3,(H,22,23);9H,1-8H2,(H,11,12);(H,6,7). The number of alkyl halides is 3. The van der Waals surface area contributed by atoms with Crippen molar-refractivity contribution in [1.29, 1.82) is 0 Å². The first-order valence-corrected chi connectivity index (χ1v) is 15.9. The van der Waals surface area contributed by atoms with Crippen LogP contribution in [-0.4, -0.2) is 46.0 Å². The molecular formula is C33H53F3O7. The molecule has 2 rings (SSSR count). The summed E-state index contributed by atoms with van der Waals surface area (Å²) >= 11 is 0. The number of carboxylic acids is 3. The monoisotopic (exact) mass is 618 g/mol. The Balaban J connectivity index is 0.000000763. The molecule has 1 aliphatic carbocycles. The fraction of sp³-hybridized carbons (Fsp3) is 0.727. The van der Waals surface area contributed by atoms with Gasteiger partial charge in [0, 0.05) is 6.42 Å². The van der Waals surface area contributed by atoms with Crippen LogP contribution in [0.25, 0.3) is 0 Å². The Morgan fingerprint density at radius 1 is 0.791 bits per heavy atom. The first-order valence-electron chi connectivity index (χ1n) is 15.9. The molecule has 0 aromatic heterocycles. The second kappa shape index (κ2) is 25.7. The van der Waals surface area contributed by atoms with E-state index in [1.54, 1.807) is 18.2 Å². The molecule has 7 nitrogen and oxygen atoms in total. The van der Waals surface area contributed by atoms with Crippen molar-refractivity contribution in [2.45, 2.75) is 142 Å². The predicted molar refractivity (Wildman–Crippen MR) is 162 cm³/mol. The summed E-state index contributed by atoms with van der Waals surface area (Å²) < 4.78 is 37.4. The van der Waals surface area contributed by atoms with Gasteiger partial charge in [0.25, 0.3) is 0 Å². The van der Waals surface area contributed by atoms with Gasteiger partial charge in [0.15, 0.2) is 0 Å². The van der Waals surface area contributed by atoms with E-state index in [1.807, 2.05) is 6.07 Å². The number of hydrogen-bond acceptors (Lipinski definition) is 4. The zero-order valence-corrected chi connectivity index (χ0v) is 25.8. The first kappa shape index (κ1) is 40.2.